The Labute approximate surface area is 200 Å². The number of rotatable bonds is 10. The first-order valence-corrected chi connectivity index (χ1v) is 11.5. The summed E-state index contributed by atoms with van der Waals surface area (Å²) < 4.78 is 25.1. The molecule has 1 unspecified atom stereocenters. The second-order valence-electron chi connectivity index (χ2n) is 8.73. The molecule has 34 heavy (non-hydrogen) atoms. The van der Waals surface area contributed by atoms with Crippen molar-refractivity contribution >= 4 is 0 Å². The predicted octanol–water partition coefficient (Wildman–Crippen LogP) is 2.92. The summed E-state index contributed by atoms with van der Waals surface area (Å²) in [5.74, 6) is 2.14. The number of benzene rings is 2. The molecule has 4 rings (SSSR count). The number of β-amino-alcohol motifs (C(OH)–C–C–N with tert-alkyl or cyclic N) is 1. The van der Waals surface area contributed by atoms with Gasteiger partial charge in [-0.25, -0.2) is 4.98 Å². The van der Waals surface area contributed by atoms with Crippen molar-refractivity contribution in [1.82, 2.24) is 14.5 Å². The number of aromatic nitrogens is 2. The molecule has 2 heterocycles. The molecule has 182 valence electrons. The predicted molar refractivity (Wildman–Crippen MR) is 128 cm³/mol. The van der Waals surface area contributed by atoms with Crippen LogP contribution in [0.25, 0.3) is 0 Å². The fourth-order valence-corrected chi connectivity index (χ4v) is 4.01. The Morgan fingerprint density at radius 3 is 2.85 bits per heavy atom. The maximum Gasteiger partial charge on any atom is 0.161 e. The van der Waals surface area contributed by atoms with E-state index in [2.05, 4.69) is 9.88 Å². The van der Waals surface area contributed by atoms with Crippen molar-refractivity contribution in [2.45, 2.75) is 25.6 Å². The normalized spacial score (nSPS) is 18.9. The molecule has 0 aliphatic carbocycles. The van der Waals surface area contributed by atoms with Crippen LogP contribution in [0.15, 0.2) is 61.2 Å². The van der Waals surface area contributed by atoms with Gasteiger partial charge >= 0.3 is 0 Å². The molecule has 0 amide bonds. The number of ether oxygens (including phenoxy) is 4. The van der Waals surface area contributed by atoms with Crippen LogP contribution in [0.1, 0.15) is 11.1 Å². The smallest absolute Gasteiger partial charge is 0.161 e. The molecule has 8 nitrogen and oxygen atoms in total. The van der Waals surface area contributed by atoms with E-state index in [1.54, 1.807) is 19.6 Å². The molecule has 0 bridgehead atoms. The minimum atomic E-state index is -1.10. The van der Waals surface area contributed by atoms with Crippen molar-refractivity contribution < 1.29 is 24.1 Å². The lowest BCUT2D eigenvalue weighted by atomic mass is 10.1. The zero-order valence-electron chi connectivity index (χ0n) is 19.9. The van der Waals surface area contributed by atoms with Crippen molar-refractivity contribution in [1.29, 1.82) is 0 Å². The molecule has 1 aliphatic heterocycles. The van der Waals surface area contributed by atoms with Crippen LogP contribution < -0.4 is 14.2 Å². The van der Waals surface area contributed by atoms with E-state index in [9.17, 15) is 5.11 Å². The van der Waals surface area contributed by atoms with Gasteiger partial charge in [0, 0.05) is 32.0 Å². The lowest BCUT2D eigenvalue weighted by Crippen LogP contribution is -2.48. The molecule has 0 saturated carbocycles. The van der Waals surface area contributed by atoms with Crippen molar-refractivity contribution in [3.05, 3.63) is 72.3 Å². The van der Waals surface area contributed by atoms with E-state index in [1.165, 1.54) is 0 Å². The summed E-state index contributed by atoms with van der Waals surface area (Å²) in [6.07, 6.45) is 5.42. The molecule has 1 fully saturated rings. The molecule has 1 atom stereocenters. The fourth-order valence-electron chi connectivity index (χ4n) is 4.01. The van der Waals surface area contributed by atoms with Crippen LogP contribution in [-0.4, -0.2) is 71.8 Å². The minimum absolute atomic E-state index is 0.167. The Bertz CT molecular complexity index is 1040. The summed E-state index contributed by atoms with van der Waals surface area (Å²) in [5.41, 5.74) is 1.09. The lowest BCUT2D eigenvalue weighted by molar-refractivity contribution is -0.0646. The molecule has 1 N–H and O–H groups in total. The van der Waals surface area contributed by atoms with Gasteiger partial charge in [0.25, 0.3) is 0 Å². The van der Waals surface area contributed by atoms with Crippen LogP contribution in [0, 0.1) is 6.92 Å². The van der Waals surface area contributed by atoms with E-state index < -0.39 is 5.60 Å². The highest BCUT2D eigenvalue weighted by atomic mass is 16.5. The second-order valence-corrected chi connectivity index (χ2v) is 8.73. The number of aliphatic hydroxyl groups is 1. The quantitative estimate of drug-likeness (QED) is 0.491. The van der Waals surface area contributed by atoms with Gasteiger partial charge in [0.05, 0.1) is 33.2 Å². The standard InChI is InChI=1S/C26H33N3O5/c1-21-4-3-5-23(14-21)34-19-26(30)17-29(10-12-32-18-26)16-22-6-7-24(25(15-22)31-2)33-13-11-28-9-8-27-20-28/h3-9,14-15,20,30H,10-13,16-19H2,1-2H3. The largest absolute Gasteiger partial charge is 0.493 e. The van der Waals surface area contributed by atoms with Crippen molar-refractivity contribution in [2.75, 3.05) is 46.6 Å². The van der Waals surface area contributed by atoms with E-state index in [4.69, 9.17) is 18.9 Å². The first-order chi connectivity index (χ1) is 16.5. The van der Waals surface area contributed by atoms with E-state index in [0.29, 0.717) is 44.3 Å². The van der Waals surface area contributed by atoms with E-state index in [0.717, 1.165) is 23.4 Å². The molecule has 0 radical (unpaired) electrons. The van der Waals surface area contributed by atoms with Gasteiger partial charge < -0.3 is 28.6 Å². The van der Waals surface area contributed by atoms with Crippen molar-refractivity contribution in [3.8, 4) is 17.2 Å². The third-order valence-corrected chi connectivity index (χ3v) is 5.74. The average Bonchev–Trinajstić information content (AvgIpc) is 3.28. The van der Waals surface area contributed by atoms with Crippen LogP contribution in [0.2, 0.25) is 0 Å². The van der Waals surface area contributed by atoms with E-state index >= 15 is 0 Å². The summed E-state index contributed by atoms with van der Waals surface area (Å²) in [5, 5.41) is 11.2. The first kappa shape index (κ1) is 24.1. The summed E-state index contributed by atoms with van der Waals surface area (Å²) in [4.78, 5) is 6.22. The summed E-state index contributed by atoms with van der Waals surface area (Å²) in [6.45, 7) is 6.03. The molecule has 1 aromatic heterocycles. The highest BCUT2D eigenvalue weighted by molar-refractivity contribution is 5.43. The highest BCUT2D eigenvalue weighted by Gasteiger charge is 2.33. The lowest BCUT2D eigenvalue weighted by Gasteiger charge is -2.30. The van der Waals surface area contributed by atoms with Gasteiger partial charge in [0.1, 0.15) is 24.6 Å². The maximum absolute atomic E-state index is 11.2. The summed E-state index contributed by atoms with van der Waals surface area (Å²) >= 11 is 0. The molecule has 2 aromatic carbocycles. The number of methoxy groups -OCH3 is 1. The zero-order chi connectivity index (χ0) is 23.8. The molecular formula is C26H33N3O5. The van der Waals surface area contributed by atoms with Gasteiger partial charge in [-0.1, -0.05) is 18.2 Å². The van der Waals surface area contributed by atoms with E-state index in [1.807, 2.05) is 60.2 Å². The van der Waals surface area contributed by atoms with Crippen LogP contribution in [-0.2, 0) is 17.8 Å². The second kappa shape index (κ2) is 11.4. The minimum Gasteiger partial charge on any atom is -0.493 e. The Morgan fingerprint density at radius 1 is 1.15 bits per heavy atom. The number of hydrogen-bond acceptors (Lipinski definition) is 7. The van der Waals surface area contributed by atoms with Gasteiger partial charge in [-0.05, 0) is 42.3 Å². The molecule has 1 saturated heterocycles. The topological polar surface area (TPSA) is 78.2 Å². The summed E-state index contributed by atoms with van der Waals surface area (Å²) in [7, 11) is 1.64. The Hall–Kier alpha value is -3.07. The average molecular weight is 468 g/mol. The molecule has 8 heteroatoms. The van der Waals surface area contributed by atoms with Gasteiger partial charge in [0.2, 0.25) is 0 Å². The van der Waals surface area contributed by atoms with Gasteiger partial charge in [-0.15, -0.1) is 0 Å². The highest BCUT2D eigenvalue weighted by Crippen LogP contribution is 2.29. The van der Waals surface area contributed by atoms with Crippen LogP contribution in [0.5, 0.6) is 17.2 Å². The molecular weight excluding hydrogens is 434 g/mol. The maximum atomic E-state index is 11.2. The third kappa shape index (κ3) is 6.72. The van der Waals surface area contributed by atoms with Crippen molar-refractivity contribution in [3.63, 3.8) is 0 Å². The van der Waals surface area contributed by atoms with E-state index in [-0.39, 0.29) is 13.2 Å². The molecule has 0 spiro atoms. The first-order valence-electron chi connectivity index (χ1n) is 11.5. The SMILES string of the molecule is COc1cc(CN2CCOCC(O)(COc3cccc(C)c3)C2)ccc1OCCn1ccnc1. The number of imidazole rings is 1. The van der Waals surface area contributed by atoms with Gasteiger partial charge in [-0.2, -0.15) is 0 Å². The Kier molecular flexibility index (Phi) is 8.05. The number of hydrogen-bond donors (Lipinski definition) is 1. The Balaban J connectivity index is 1.35. The Morgan fingerprint density at radius 2 is 2.06 bits per heavy atom. The fraction of sp³-hybridized carbons (Fsp3) is 0.423. The van der Waals surface area contributed by atoms with Crippen molar-refractivity contribution in [2.24, 2.45) is 0 Å². The number of nitrogens with zero attached hydrogens (tertiary/aromatic N) is 3. The number of aryl methyl sites for hydroxylation is 1. The van der Waals surface area contributed by atoms with Gasteiger partial charge in [-0.3, -0.25) is 4.90 Å². The summed E-state index contributed by atoms with van der Waals surface area (Å²) in [6, 6.07) is 13.8. The molecule has 3 aromatic rings. The van der Waals surface area contributed by atoms with Crippen LogP contribution >= 0.6 is 0 Å². The monoisotopic (exact) mass is 467 g/mol. The zero-order valence-corrected chi connectivity index (χ0v) is 19.9. The van der Waals surface area contributed by atoms with Crippen LogP contribution in [0.3, 0.4) is 0 Å². The molecule has 1 aliphatic rings. The third-order valence-electron chi connectivity index (χ3n) is 5.74. The van der Waals surface area contributed by atoms with Gasteiger partial charge in [0.15, 0.2) is 11.5 Å². The van der Waals surface area contributed by atoms with Crippen LogP contribution in [0.4, 0.5) is 0 Å².